The van der Waals surface area contributed by atoms with Gasteiger partial charge in [-0.25, -0.2) is 0 Å². The Morgan fingerprint density at radius 3 is 2.58 bits per heavy atom. The minimum atomic E-state index is -0.760. The number of furan rings is 1. The van der Waals surface area contributed by atoms with Gasteiger partial charge in [-0.3, -0.25) is 14.5 Å². The van der Waals surface area contributed by atoms with E-state index in [2.05, 4.69) is 11.8 Å². The Bertz CT molecular complexity index is 1370. The summed E-state index contributed by atoms with van der Waals surface area (Å²) in [6, 6.07) is 13.6. The van der Waals surface area contributed by atoms with E-state index in [4.69, 9.17) is 18.6 Å². The first-order valence-corrected chi connectivity index (χ1v) is 13.9. The lowest BCUT2D eigenvalue weighted by atomic mass is 9.95. The van der Waals surface area contributed by atoms with Crippen LogP contribution in [0.4, 0.5) is 0 Å². The van der Waals surface area contributed by atoms with Gasteiger partial charge in [0.2, 0.25) is 5.78 Å². The molecule has 3 aromatic rings. The number of morpholine rings is 1. The first-order valence-electron chi connectivity index (χ1n) is 13.9. The van der Waals surface area contributed by atoms with Gasteiger partial charge in [-0.1, -0.05) is 37.6 Å². The maximum absolute atomic E-state index is 13.9. The highest BCUT2D eigenvalue weighted by Crippen LogP contribution is 2.40. The summed E-state index contributed by atoms with van der Waals surface area (Å²) in [4.78, 5) is 31.2. The highest BCUT2D eigenvalue weighted by atomic mass is 16.5. The minimum absolute atomic E-state index is 0.00838. The molecule has 9 heteroatoms. The second-order valence-electron chi connectivity index (χ2n) is 10.1. The van der Waals surface area contributed by atoms with E-state index >= 15 is 0 Å². The Kier molecular flexibility index (Phi) is 8.72. The summed E-state index contributed by atoms with van der Waals surface area (Å²) in [5.74, 6) is -0.394. The van der Waals surface area contributed by atoms with Gasteiger partial charge in [0.25, 0.3) is 5.91 Å². The van der Waals surface area contributed by atoms with Crippen LogP contribution in [0, 0.1) is 0 Å². The van der Waals surface area contributed by atoms with Crippen molar-refractivity contribution in [2.45, 2.75) is 32.2 Å². The fourth-order valence-electron chi connectivity index (χ4n) is 5.27. The van der Waals surface area contributed by atoms with Gasteiger partial charge in [-0.2, -0.15) is 0 Å². The van der Waals surface area contributed by atoms with Crippen LogP contribution in [0.1, 0.15) is 48.3 Å². The molecule has 3 heterocycles. The molecule has 212 valence electrons. The lowest BCUT2D eigenvalue weighted by Gasteiger charge is -2.30. The molecule has 9 nitrogen and oxygen atoms in total. The molecule has 0 bridgehead atoms. The molecule has 5 rings (SSSR count). The first kappa shape index (κ1) is 27.7. The summed E-state index contributed by atoms with van der Waals surface area (Å²) in [6.45, 7) is 6.97. The van der Waals surface area contributed by atoms with Gasteiger partial charge < -0.3 is 28.6 Å². The maximum Gasteiger partial charge on any atom is 0.290 e. The summed E-state index contributed by atoms with van der Waals surface area (Å²) in [5.41, 5.74) is 1.16. The number of hydrogen-bond donors (Lipinski definition) is 1. The standard InChI is InChI=1S/C31H36N2O7/c1-3-4-17-39-23-11-9-21(10-12-23)27-26(28(34)25-20-22-7-5-8-24(37-2)30(22)40-25)29(35)31(36)33(27)14-6-13-32-15-18-38-19-16-32/h5,7-12,20,27,35H,3-4,6,13-19H2,1-2H3. The number of ether oxygens (including phenoxy) is 3. The molecule has 1 fully saturated rings. The number of unbranched alkanes of at least 4 members (excludes halogenated alkanes) is 1. The van der Waals surface area contributed by atoms with Crippen molar-refractivity contribution in [3.05, 3.63) is 71.2 Å². The van der Waals surface area contributed by atoms with Crippen molar-refractivity contribution < 1.29 is 33.3 Å². The number of rotatable bonds is 12. The predicted octanol–water partition coefficient (Wildman–Crippen LogP) is 4.92. The monoisotopic (exact) mass is 548 g/mol. The molecule has 1 saturated heterocycles. The Morgan fingerprint density at radius 2 is 1.85 bits per heavy atom. The Balaban J connectivity index is 1.44. The molecular weight excluding hydrogens is 512 g/mol. The number of nitrogens with zero attached hydrogens (tertiary/aromatic N) is 2. The van der Waals surface area contributed by atoms with Crippen LogP contribution in [0.3, 0.4) is 0 Å². The molecule has 40 heavy (non-hydrogen) atoms. The normalized spacial score (nSPS) is 18.1. The van der Waals surface area contributed by atoms with E-state index in [9.17, 15) is 14.7 Å². The highest BCUT2D eigenvalue weighted by molar-refractivity contribution is 6.16. The second-order valence-corrected chi connectivity index (χ2v) is 10.1. The van der Waals surface area contributed by atoms with Gasteiger partial charge in [0.05, 0.1) is 38.5 Å². The number of para-hydroxylation sites is 1. The minimum Gasteiger partial charge on any atom is -0.503 e. The summed E-state index contributed by atoms with van der Waals surface area (Å²) in [6.07, 6.45) is 2.68. The number of aliphatic hydroxyl groups excluding tert-OH is 1. The lowest BCUT2D eigenvalue weighted by molar-refractivity contribution is -0.129. The molecule has 1 aromatic heterocycles. The van der Waals surface area contributed by atoms with Crippen LogP contribution in [0.2, 0.25) is 0 Å². The summed E-state index contributed by atoms with van der Waals surface area (Å²) >= 11 is 0. The number of aliphatic hydroxyl groups is 1. The van der Waals surface area contributed by atoms with Crippen molar-refractivity contribution in [3.63, 3.8) is 0 Å². The van der Waals surface area contributed by atoms with Crippen LogP contribution >= 0.6 is 0 Å². The van der Waals surface area contributed by atoms with Gasteiger partial charge in [-0.15, -0.1) is 0 Å². The zero-order valence-corrected chi connectivity index (χ0v) is 23.1. The topological polar surface area (TPSA) is 102 Å². The zero-order valence-electron chi connectivity index (χ0n) is 23.1. The van der Waals surface area contributed by atoms with Gasteiger partial charge in [0.15, 0.2) is 22.9 Å². The van der Waals surface area contributed by atoms with E-state index in [-0.39, 0.29) is 11.3 Å². The van der Waals surface area contributed by atoms with Crippen molar-refractivity contribution in [1.29, 1.82) is 0 Å². The van der Waals surface area contributed by atoms with Crippen molar-refractivity contribution in [1.82, 2.24) is 9.80 Å². The average molecular weight is 549 g/mol. The molecule has 0 radical (unpaired) electrons. The van der Waals surface area contributed by atoms with Crippen molar-refractivity contribution in [2.24, 2.45) is 0 Å². The molecule has 1 amide bonds. The number of carbonyl (C=O) groups excluding carboxylic acids is 2. The third kappa shape index (κ3) is 5.71. The van der Waals surface area contributed by atoms with E-state index in [1.54, 1.807) is 17.0 Å². The molecule has 1 atom stereocenters. The molecule has 1 unspecified atom stereocenters. The van der Waals surface area contributed by atoms with Crippen LogP contribution in [0.25, 0.3) is 11.0 Å². The fraction of sp³-hybridized carbons (Fsp3) is 0.419. The van der Waals surface area contributed by atoms with Crippen molar-refractivity contribution in [2.75, 3.05) is 53.1 Å². The molecule has 2 aromatic carbocycles. The predicted molar refractivity (Wildman–Crippen MR) is 150 cm³/mol. The number of Topliss-reactive ketones (excluding diaryl/α,β-unsaturated/α-hetero) is 1. The number of hydrogen-bond acceptors (Lipinski definition) is 8. The largest absolute Gasteiger partial charge is 0.503 e. The van der Waals surface area contributed by atoms with Crippen molar-refractivity contribution >= 4 is 22.7 Å². The van der Waals surface area contributed by atoms with Crippen LogP contribution in [0.5, 0.6) is 11.5 Å². The molecular formula is C31H36N2O7. The van der Waals surface area contributed by atoms with Crippen LogP contribution in [0.15, 0.2) is 64.3 Å². The zero-order chi connectivity index (χ0) is 28.1. The number of carbonyl (C=O) groups is 2. The summed E-state index contributed by atoms with van der Waals surface area (Å²) in [7, 11) is 1.53. The third-order valence-electron chi connectivity index (χ3n) is 7.44. The quantitative estimate of drug-likeness (QED) is 0.251. The van der Waals surface area contributed by atoms with Crippen LogP contribution in [-0.4, -0.2) is 79.7 Å². The number of ketones is 1. The number of methoxy groups -OCH3 is 1. The van der Waals surface area contributed by atoms with E-state index in [1.807, 2.05) is 36.4 Å². The number of fused-ring (bicyclic) bond motifs is 1. The lowest BCUT2D eigenvalue weighted by Crippen LogP contribution is -2.39. The summed E-state index contributed by atoms with van der Waals surface area (Å²) in [5, 5.41) is 11.8. The molecule has 0 aliphatic carbocycles. The Morgan fingerprint density at radius 1 is 1.07 bits per heavy atom. The second kappa shape index (κ2) is 12.6. The fourth-order valence-corrected chi connectivity index (χ4v) is 5.27. The van der Waals surface area contributed by atoms with Gasteiger partial charge in [0.1, 0.15) is 5.75 Å². The van der Waals surface area contributed by atoms with Crippen molar-refractivity contribution in [3.8, 4) is 11.5 Å². The molecule has 0 saturated carbocycles. The molecule has 2 aliphatic heterocycles. The molecule has 2 aliphatic rings. The van der Waals surface area contributed by atoms with E-state index in [0.29, 0.717) is 60.8 Å². The molecule has 0 spiro atoms. The van der Waals surface area contributed by atoms with Crippen LogP contribution in [-0.2, 0) is 9.53 Å². The van der Waals surface area contributed by atoms with Gasteiger partial charge >= 0.3 is 0 Å². The van der Waals surface area contributed by atoms with Gasteiger partial charge in [-0.05, 0) is 42.7 Å². The maximum atomic E-state index is 13.9. The van der Waals surface area contributed by atoms with Gasteiger partial charge in [0, 0.05) is 31.6 Å². The first-order chi connectivity index (χ1) is 19.5. The Labute approximate surface area is 233 Å². The van der Waals surface area contributed by atoms with E-state index in [1.165, 1.54) is 7.11 Å². The number of benzene rings is 2. The Hall–Kier alpha value is -3.82. The van der Waals surface area contributed by atoms with Crippen LogP contribution < -0.4 is 9.47 Å². The summed E-state index contributed by atoms with van der Waals surface area (Å²) < 4.78 is 22.5. The number of amides is 1. The SMILES string of the molecule is CCCCOc1ccc(C2C(C(=O)c3cc4cccc(OC)c4o3)=C(O)C(=O)N2CCCN2CCOCC2)cc1. The third-order valence-corrected chi connectivity index (χ3v) is 7.44. The van der Waals surface area contributed by atoms with E-state index < -0.39 is 23.5 Å². The average Bonchev–Trinajstić information content (AvgIpc) is 3.53. The van der Waals surface area contributed by atoms with E-state index in [0.717, 1.165) is 32.5 Å². The highest BCUT2D eigenvalue weighted by Gasteiger charge is 2.44. The molecule has 1 N–H and O–H groups in total. The smallest absolute Gasteiger partial charge is 0.290 e.